The molecule has 0 unspecified atom stereocenters. The monoisotopic (exact) mass is 335 g/mol. The number of piperidine rings is 1. The average Bonchev–Trinajstić information content (AvgIpc) is 3.04. The number of ether oxygens (including phenoxy) is 1. The highest BCUT2D eigenvalue weighted by atomic mass is 16.5. The van der Waals surface area contributed by atoms with Gasteiger partial charge in [0.2, 0.25) is 11.8 Å². The lowest BCUT2D eigenvalue weighted by molar-refractivity contribution is -0.141. The van der Waals surface area contributed by atoms with Crippen LogP contribution in [0.3, 0.4) is 0 Å². The number of carbonyl (C=O) groups excluding carboxylic acids is 1. The van der Waals surface area contributed by atoms with Crippen molar-refractivity contribution in [2.45, 2.75) is 45.6 Å². The standard InChI is InChI=1S/C18H29N3O3/c1-18(2,3)15-11-19-16(24-15)13-20-6-4-5-14(12-20)17(22)21-7-9-23-10-8-21/h11,14H,4-10,12-13H2,1-3H3/t14-/m1/s1. The fourth-order valence-electron chi connectivity index (χ4n) is 3.36. The van der Waals surface area contributed by atoms with E-state index in [1.807, 2.05) is 11.1 Å². The third kappa shape index (κ3) is 4.16. The second kappa shape index (κ2) is 7.23. The Kier molecular flexibility index (Phi) is 5.25. The largest absolute Gasteiger partial charge is 0.444 e. The van der Waals surface area contributed by atoms with Crippen LogP contribution in [0.4, 0.5) is 0 Å². The third-order valence-electron chi connectivity index (χ3n) is 4.83. The van der Waals surface area contributed by atoms with E-state index in [4.69, 9.17) is 9.15 Å². The van der Waals surface area contributed by atoms with E-state index >= 15 is 0 Å². The zero-order valence-corrected chi connectivity index (χ0v) is 15.1. The molecule has 1 atom stereocenters. The van der Waals surface area contributed by atoms with Crippen molar-refractivity contribution in [1.29, 1.82) is 0 Å². The molecule has 1 amide bonds. The van der Waals surface area contributed by atoms with Crippen LogP contribution in [0.15, 0.2) is 10.6 Å². The summed E-state index contributed by atoms with van der Waals surface area (Å²) in [6.07, 6.45) is 3.86. The number of nitrogens with zero attached hydrogens (tertiary/aromatic N) is 3. The van der Waals surface area contributed by atoms with Crippen LogP contribution in [0.25, 0.3) is 0 Å². The van der Waals surface area contributed by atoms with Gasteiger partial charge in [-0.25, -0.2) is 4.98 Å². The van der Waals surface area contributed by atoms with Crippen molar-refractivity contribution in [3.63, 3.8) is 0 Å². The molecule has 0 spiro atoms. The van der Waals surface area contributed by atoms with E-state index in [-0.39, 0.29) is 17.2 Å². The van der Waals surface area contributed by atoms with Crippen molar-refractivity contribution in [2.75, 3.05) is 39.4 Å². The number of aromatic nitrogens is 1. The first-order valence-corrected chi connectivity index (χ1v) is 8.97. The molecule has 3 rings (SSSR count). The lowest BCUT2D eigenvalue weighted by Gasteiger charge is -2.35. The Morgan fingerprint density at radius 1 is 1.29 bits per heavy atom. The molecule has 2 aliphatic rings. The summed E-state index contributed by atoms with van der Waals surface area (Å²) in [6, 6.07) is 0. The fraction of sp³-hybridized carbons (Fsp3) is 0.778. The Morgan fingerprint density at radius 2 is 2.04 bits per heavy atom. The molecule has 6 heteroatoms. The number of hydrogen-bond donors (Lipinski definition) is 0. The van der Waals surface area contributed by atoms with Gasteiger partial charge in [0.15, 0.2) is 0 Å². The van der Waals surface area contributed by atoms with Gasteiger partial charge < -0.3 is 14.1 Å². The van der Waals surface area contributed by atoms with Crippen LogP contribution in [-0.4, -0.2) is 60.1 Å². The summed E-state index contributed by atoms with van der Waals surface area (Å²) in [7, 11) is 0. The van der Waals surface area contributed by atoms with Crippen LogP contribution in [0.5, 0.6) is 0 Å². The molecule has 3 heterocycles. The molecule has 2 saturated heterocycles. The van der Waals surface area contributed by atoms with E-state index < -0.39 is 0 Å². The van der Waals surface area contributed by atoms with Gasteiger partial charge >= 0.3 is 0 Å². The molecule has 134 valence electrons. The smallest absolute Gasteiger partial charge is 0.227 e. The molecule has 1 aromatic heterocycles. The van der Waals surface area contributed by atoms with E-state index in [0.717, 1.165) is 50.7 Å². The third-order valence-corrected chi connectivity index (χ3v) is 4.83. The van der Waals surface area contributed by atoms with E-state index in [1.165, 1.54) is 0 Å². The minimum atomic E-state index is -0.0258. The second-order valence-electron chi connectivity index (χ2n) is 7.88. The highest BCUT2D eigenvalue weighted by molar-refractivity contribution is 5.79. The van der Waals surface area contributed by atoms with E-state index in [0.29, 0.717) is 19.8 Å². The zero-order valence-electron chi connectivity index (χ0n) is 15.1. The number of carbonyl (C=O) groups is 1. The topological polar surface area (TPSA) is 58.8 Å². The maximum absolute atomic E-state index is 12.7. The number of hydrogen-bond acceptors (Lipinski definition) is 5. The quantitative estimate of drug-likeness (QED) is 0.846. The predicted octanol–water partition coefficient (Wildman–Crippen LogP) is 2.04. The first-order chi connectivity index (χ1) is 11.4. The highest BCUT2D eigenvalue weighted by Crippen LogP contribution is 2.25. The fourth-order valence-corrected chi connectivity index (χ4v) is 3.36. The highest BCUT2D eigenvalue weighted by Gasteiger charge is 2.30. The Labute approximate surface area is 144 Å². The summed E-state index contributed by atoms with van der Waals surface area (Å²) < 4.78 is 11.2. The van der Waals surface area contributed by atoms with Gasteiger partial charge in [0.25, 0.3) is 0 Å². The molecule has 0 aliphatic carbocycles. The van der Waals surface area contributed by atoms with Gasteiger partial charge in [-0.15, -0.1) is 0 Å². The van der Waals surface area contributed by atoms with Crippen molar-refractivity contribution >= 4 is 5.91 Å². The van der Waals surface area contributed by atoms with Crippen LogP contribution in [-0.2, 0) is 21.5 Å². The van der Waals surface area contributed by atoms with Crippen molar-refractivity contribution in [2.24, 2.45) is 5.92 Å². The maximum Gasteiger partial charge on any atom is 0.227 e. The predicted molar refractivity (Wildman–Crippen MR) is 90.6 cm³/mol. The van der Waals surface area contributed by atoms with Gasteiger partial charge in [-0.1, -0.05) is 20.8 Å². The van der Waals surface area contributed by atoms with Gasteiger partial charge in [0, 0.05) is 25.0 Å². The summed E-state index contributed by atoms with van der Waals surface area (Å²) in [6.45, 7) is 11.6. The maximum atomic E-state index is 12.7. The summed E-state index contributed by atoms with van der Waals surface area (Å²) >= 11 is 0. The van der Waals surface area contributed by atoms with Gasteiger partial charge in [0.05, 0.1) is 31.9 Å². The molecule has 2 aliphatic heterocycles. The summed E-state index contributed by atoms with van der Waals surface area (Å²) in [4.78, 5) is 21.4. The Morgan fingerprint density at radius 3 is 2.71 bits per heavy atom. The van der Waals surface area contributed by atoms with Gasteiger partial charge in [-0.3, -0.25) is 9.69 Å². The first-order valence-electron chi connectivity index (χ1n) is 8.97. The van der Waals surface area contributed by atoms with Crippen molar-refractivity contribution < 1.29 is 13.9 Å². The lowest BCUT2D eigenvalue weighted by Crippen LogP contribution is -2.48. The summed E-state index contributed by atoms with van der Waals surface area (Å²) in [5.74, 6) is 2.04. The molecule has 0 bridgehead atoms. The van der Waals surface area contributed by atoms with Gasteiger partial charge in [-0.05, 0) is 19.4 Å². The SMILES string of the molecule is CC(C)(C)c1cnc(CN2CCC[C@@H](C(=O)N3CCOCC3)C2)o1. The van der Waals surface area contributed by atoms with Gasteiger partial charge in [0.1, 0.15) is 5.76 Å². The number of rotatable bonds is 3. The minimum absolute atomic E-state index is 0.0258. The van der Waals surface area contributed by atoms with E-state index in [9.17, 15) is 4.79 Å². The van der Waals surface area contributed by atoms with Crippen molar-refractivity contribution in [3.8, 4) is 0 Å². The Hall–Kier alpha value is -1.40. The van der Waals surface area contributed by atoms with Crippen LogP contribution in [0.1, 0.15) is 45.3 Å². The van der Waals surface area contributed by atoms with Crippen LogP contribution >= 0.6 is 0 Å². The molecule has 0 aromatic carbocycles. The number of oxazole rings is 1. The molecule has 0 N–H and O–H groups in total. The average molecular weight is 335 g/mol. The molecular weight excluding hydrogens is 306 g/mol. The molecule has 6 nitrogen and oxygen atoms in total. The molecule has 2 fully saturated rings. The molecule has 0 saturated carbocycles. The van der Waals surface area contributed by atoms with E-state index in [2.05, 4.69) is 30.7 Å². The summed E-state index contributed by atoms with van der Waals surface area (Å²) in [5, 5.41) is 0. The van der Waals surface area contributed by atoms with Crippen LogP contribution in [0, 0.1) is 5.92 Å². The van der Waals surface area contributed by atoms with Crippen molar-refractivity contribution in [1.82, 2.24) is 14.8 Å². The number of amides is 1. The Balaban J connectivity index is 1.57. The van der Waals surface area contributed by atoms with Crippen molar-refractivity contribution in [3.05, 3.63) is 17.8 Å². The van der Waals surface area contributed by atoms with Crippen LogP contribution in [0.2, 0.25) is 0 Å². The molecule has 0 radical (unpaired) electrons. The first kappa shape index (κ1) is 17.4. The minimum Gasteiger partial charge on any atom is -0.444 e. The van der Waals surface area contributed by atoms with E-state index in [1.54, 1.807) is 0 Å². The molecule has 1 aromatic rings. The number of likely N-dealkylation sites (tertiary alicyclic amines) is 1. The van der Waals surface area contributed by atoms with Crippen LogP contribution < -0.4 is 0 Å². The number of morpholine rings is 1. The van der Waals surface area contributed by atoms with Gasteiger partial charge in [-0.2, -0.15) is 0 Å². The molecule has 24 heavy (non-hydrogen) atoms. The normalized spacial score (nSPS) is 23.5. The molecular formula is C18H29N3O3. The second-order valence-corrected chi connectivity index (χ2v) is 7.88. The zero-order chi connectivity index (χ0) is 17.2. The lowest BCUT2D eigenvalue weighted by atomic mass is 9.94. The summed E-state index contributed by atoms with van der Waals surface area (Å²) in [5.41, 5.74) is -0.0258. The Bertz CT molecular complexity index is 558.